The van der Waals surface area contributed by atoms with Gasteiger partial charge in [0.25, 0.3) is 0 Å². The molecule has 0 aromatic carbocycles. The van der Waals surface area contributed by atoms with E-state index in [0.717, 1.165) is 12.8 Å². The molecule has 0 aliphatic carbocycles. The number of hydrogen-bond donors (Lipinski definition) is 2. The number of amides is 1. The fourth-order valence-corrected chi connectivity index (χ4v) is 2.05. The van der Waals surface area contributed by atoms with Gasteiger partial charge in [0.15, 0.2) is 5.84 Å². The SMILES string of the molecule is CCC(CC)N(C)C(=O)C(/C(N)=N/O)C(C)C. The maximum absolute atomic E-state index is 12.3. The second-order valence-electron chi connectivity index (χ2n) is 4.67. The smallest absolute Gasteiger partial charge is 0.233 e. The third kappa shape index (κ3) is 3.91. The summed E-state index contributed by atoms with van der Waals surface area (Å²) in [6.07, 6.45) is 1.81. The number of nitrogens with zero attached hydrogens (tertiary/aromatic N) is 2. The summed E-state index contributed by atoms with van der Waals surface area (Å²) in [7, 11) is 1.78. The van der Waals surface area contributed by atoms with Crippen LogP contribution in [0, 0.1) is 11.8 Å². The molecule has 0 spiro atoms. The standard InChI is InChI=1S/C12H25N3O2/c1-6-9(7-2)15(5)12(16)10(8(3)4)11(13)14-17/h8-10,17H,6-7H2,1-5H3,(H2,13,14). The highest BCUT2D eigenvalue weighted by Crippen LogP contribution is 2.17. The molecule has 0 aliphatic rings. The van der Waals surface area contributed by atoms with Crippen LogP contribution < -0.4 is 5.73 Å². The van der Waals surface area contributed by atoms with Gasteiger partial charge in [0.1, 0.15) is 5.92 Å². The molecule has 0 saturated heterocycles. The van der Waals surface area contributed by atoms with E-state index in [9.17, 15) is 4.79 Å². The average Bonchev–Trinajstić information content (AvgIpc) is 2.29. The van der Waals surface area contributed by atoms with Crippen LogP contribution in [0.5, 0.6) is 0 Å². The Morgan fingerprint density at radius 1 is 1.35 bits per heavy atom. The van der Waals surface area contributed by atoms with Gasteiger partial charge >= 0.3 is 0 Å². The minimum absolute atomic E-state index is 0.00946. The Labute approximate surface area is 104 Å². The molecule has 1 atom stereocenters. The summed E-state index contributed by atoms with van der Waals surface area (Å²) in [6, 6.07) is 0.204. The van der Waals surface area contributed by atoms with Crippen LogP contribution in [0.3, 0.4) is 0 Å². The molecule has 0 fully saturated rings. The van der Waals surface area contributed by atoms with E-state index in [1.54, 1.807) is 11.9 Å². The summed E-state index contributed by atoms with van der Waals surface area (Å²) in [6.45, 7) is 7.88. The molecule has 3 N–H and O–H groups in total. The number of carbonyl (C=O) groups excluding carboxylic acids is 1. The lowest BCUT2D eigenvalue weighted by molar-refractivity contribution is -0.135. The van der Waals surface area contributed by atoms with Gasteiger partial charge in [-0.05, 0) is 18.8 Å². The van der Waals surface area contributed by atoms with Gasteiger partial charge < -0.3 is 15.8 Å². The number of amidine groups is 1. The second-order valence-corrected chi connectivity index (χ2v) is 4.67. The predicted molar refractivity (Wildman–Crippen MR) is 68.9 cm³/mol. The van der Waals surface area contributed by atoms with Crippen LogP contribution in [0.15, 0.2) is 5.16 Å². The van der Waals surface area contributed by atoms with Crippen LogP contribution in [0.1, 0.15) is 40.5 Å². The first-order chi connectivity index (χ1) is 7.90. The zero-order chi connectivity index (χ0) is 13.6. The number of hydrogen-bond acceptors (Lipinski definition) is 3. The fraction of sp³-hybridized carbons (Fsp3) is 0.833. The topological polar surface area (TPSA) is 78.9 Å². The van der Waals surface area contributed by atoms with Gasteiger partial charge in [0, 0.05) is 13.1 Å². The molecular weight excluding hydrogens is 218 g/mol. The van der Waals surface area contributed by atoms with Gasteiger partial charge in [-0.2, -0.15) is 0 Å². The molecule has 0 heterocycles. The highest BCUT2D eigenvalue weighted by molar-refractivity contribution is 6.02. The molecule has 0 saturated carbocycles. The number of oxime groups is 1. The van der Waals surface area contributed by atoms with Gasteiger partial charge in [-0.25, -0.2) is 0 Å². The molecule has 5 heteroatoms. The zero-order valence-corrected chi connectivity index (χ0v) is 11.5. The van der Waals surface area contributed by atoms with E-state index in [-0.39, 0.29) is 23.7 Å². The molecule has 0 aliphatic heterocycles. The highest BCUT2D eigenvalue weighted by Gasteiger charge is 2.31. The molecule has 0 rings (SSSR count). The minimum atomic E-state index is -0.550. The molecule has 0 aromatic rings. The Balaban J connectivity index is 4.96. The summed E-state index contributed by atoms with van der Waals surface area (Å²) >= 11 is 0. The number of carbonyl (C=O) groups is 1. The third-order valence-corrected chi connectivity index (χ3v) is 3.20. The first-order valence-corrected chi connectivity index (χ1v) is 6.14. The molecular formula is C12H25N3O2. The van der Waals surface area contributed by atoms with E-state index < -0.39 is 5.92 Å². The lowest BCUT2D eigenvalue weighted by Crippen LogP contribution is -2.46. The van der Waals surface area contributed by atoms with Gasteiger partial charge in [-0.1, -0.05) is 32.9 Å². The van der Waals surface area contributed by atoms with Crippen molar-refractivity contribution in [1.82, 2.24) is 4.90 Å². The summed E-state index contributed by atoms with van der Waals surface area (Å²) in [5.41, 5.74) is 5.59. The third-order valence-electron chi connectivity index (χ3n) is 3.20. The summed E-state index contributed by atoms with van der Waals surface area (Å²) in [5.74, 6) is -0.632. The van der Waals surface area contributed by atoms with Crippen molar-refractivity contribution >= 4 is 11.7 Å². The van der Waals surface area contributed by atoms with Crippen LogP contribution in [0.4, 0.5) is 0 Å². The lowest BCUT2D eigenvalue weighted by atomic mass is 9.92. The van der Waals surface area contributed by atoms with E-state index in [0.29, 0.717) is 0 Å². The van der Waals surface area contributed by atoms with Crippen LogP contribution >= 0.6 is 0 Å². The monoisotopic (exact) mass is 243 g/mol. The molecule has 0 aromatic heterocycles. The summed E-state index contributed by atoms with van der Waals surface area (Å²) in [5, 5.41) is 11.7. The molecule has 100 valence electrons. The maximum Gasteiger partial charge on any atom is 0.233 e. The Morgan fingerprint density at radius 3 is 2.12 bits per heavy atom. The highest BCUT2D eigenvalue weighted by atomic mass is 16.4. The predicted octanol–water partition coefficient (Wildman–Crippen LogP) is 1.65. The van der Waals surface area contributed by atoms with Crippen molar-refractivity contribution in [2.24, 2.45) is 22.7 Å². The van der Waals surface area contributed by atoms with Crippen molar-refractivity contribution in [2.75, 3.05) is 7.05 Å². The minimum Gasteiger partial charge on any atom is -0.409 e. The van der Waals surface area contributed by atoms with Crippen molar-refractivity contribution in [3.05, 3.63) is 0 Å². The molecule has 1 amide bonds. The van der Waals surface area contributed by atoms with Crippen LogP contribution in [0.25, 0.3) is 0 Å². The number of nitrogens with two attached hydrogens (primary N) is 1. The fourth-order valence-electron chi connectivity index (χ4n) is 2.05. The second kappa shape index (κ2) is 7.14. The van der Waals surface area contributed by atoms with E-state index in [1.807, 2.05) is 27.7 Å². The Hall–Kier alpha value is -1.26. The Bertz CT molecular complexity index is 273. The van der Waals surface area contributed by atoms with Crippen molar-refractivity contribution in [2.45, 2.75) is 46.6 Å². The summed E-state index contributed by atoms with van der Waals surface area (Å²) in [4.78, 5) is 14.0. The van der Waals surface area contributed by atoms with Gasteiger partial charge in [-0.15, -0.1) is 0 Å². The number of rotatable bonds is 6. The molecule has 0 bridgehead atoms. The Morgan fingerprint density at radius 2 is 1.82 bits per heavy atom. The van der Waals surface area contributed by atoms with E-state index in [4.69, 9.17) is 10.9 Å². The van der Waals surface area contributed by atoms with Gasteiger partial charge in [0.05, 0.1) is 0 Å². The van der Waals surface area contributed by atoms with Gasteiger partial charge in [-0.3, -0.25) is 4.79 Å². The normalized spacial score (nSPS) is 14.2. The largest absolute Gasteiger partial charge is 0.409 e. The van der Waals surface area contributed by atoms with Crippen molar-refractivity contribution in [3.63, 3.8) is 0 Å². The molecule has 0 radical (unpaired) electrons. The lowest BCUT2D eigenvalue weighted by Gasteiger charge is -2.31. The van der Waals surface area contributed by atoms with Crippen molar-refractivity contribution in [1.29, 1.82) is 0 Å². The van der Waals surface area contributed by atoms with E-state index >= 15 is 0 Å². The van der Waals surface area contributed by atoms with E-state index in [1.165, 1.54) is 0 Å². The molecule has 1 unspecified atom stereocenters. The maximum atomic E-state index is 12.3. The molecule has 17 heavy (non-hydrogen) atoms. The van der Waals surface area contributed by atoms with Crippen molar-refractivity contribution in [3.8, 4) is 0 Å². The van der Waals surface area contributed by atoms with E-state index in [2.05, 4.69) is 5.16 Å². The Kier molecular flexibility index (Phi) is 6.61. The first kappa shape index (κ1) is 15.7. The van der Waals surface area contributed by atoms with Crippen LogP contribution in [-0.2, 0) is 4.79 Å². The first-order valence-electron chi connectivity index (χ1n) is 6.14. The molecule has 5 nitrogen and oxygen atoms in total. The van der Waals surface area contributed by atoms with Crippen molar-refractivity contribution < 1.29 is 10.0 Å². The zero-order valence-electron chi connectivity index (χ0n) is 11.5. The average molecular weight is 243 g/mol. The van der Waals surface area contributed by atoms with Crippen LogP contribution in [-0.4, -0.2) is 34.9 Å². The summed E-state index contributed by atoms with van der Waals surface area (Å²) < 4.78 is 0. The van der Waals surface area contributed by atoms with Crippen LogP contribution in [0.2, 0.25) is 0 Å². The quantitative estimate of drug-likeness (QED) is 0.322. The van der Waals surface area contributed by atoms with Gasteiger partial charge in [0.2, 0.25) is 5.91 Å².